The second-order valence-corrected chi connectivity index (χ2v) is 4.01. The zero-order valence-electron chi connectivity index (χ0n) is 9.96. The molecule has 16 heavy (non-hydrogen) atoms. The molecule has 0 heteroatoms. The van der Waals surface area contributed by atoms with Crippen molar-refractivity contribution in [1.29, 1.82) is 0 Å². The maximum atomic E-state index is 3.26. The molecular formula is C16H17. The van der Waals surface area contributed by atoms with Crippen LogP contribution in [-0.2, 0) is 12.8 Å². The number of rotatable bonds is 3. The molecule has 0 fully saturated rings. The SMILES string of the molecule is CCc1[c]ccc(-c2cccc(CC)c2)c1. The summed E-state index contributed by atoms with van der Waals surface area (Å²) in [5.41, 5.74) is 5.27. The Bertz CT molecular complexity index is 423. The first-order valence-corrected chi connectivity index (χ1v) is 5.93. The van der Waals surface area contributed by atoms with Crippen LogP contribution in [0.25, 0.3) is 11.1 Å². The molecule has 0 aliphatic carbocycles. The summed E-state index contributed by atoms with van der Waals surface area (Å²) in [6.07, 6.45) is 2.13. The topological polar surface area (TPSA) is 0 Å². The van der Waals surface area contributed by atoms with Crippen molar-refractivity contribution in [3.63, 3.8) is 0 Å². The Morgan fingerprint density at radius 3 is 2.50 bits per heavy atom. The fourth-order valence-corrected chi connectivity index (χ4v) is 1.87. The van der Waals surface area contributed by atoms with Crippen LogP contribution >= 0.6 is 0 Å². The van der Waals surface area contributed by atoms with Crippen LogP contribution in [0.1, 0.15) is 25.0 Å². The highest BCUT2D eigenvalue weighted by Crippen LogP contribution is 2.21. The van der Waals surface area contributed by atoms with E-state index in [1.165, 1.54) is 22.3 Å². The third kappa shape index (κ3) is 2.33. The van der Waals surface area contributed by atoms with Crippen LogP contribution in [0, 0.1) is 6.07 Å². The van der Waals surface area contributed by atoms with Gasteiger partial charge in [-0.05, 0) is 41.2 Å². The van der Waals surface area contributed by atoms with Gasteiger partial charge in [0, 0.05) is 0 Å². The number of aryl methyl sites for hydroxylation is 2. The zero-order valence-corrected chi connectivity index (χ0v) is 9.96. The number of hydrogen-bond donors (Lipinski definition) is 0. The first-order chi connectivity index (χ1) is 7.83. The van der Waals surface area contributed by atoms with E-state index < -0.39 is 0 Å². The molecule has 0 N–H and O–H groups in total. The lowest BCUT2D eigenvalue weighted by atomic mass is 10.00. The second kappa shape index (κ2) is 4.98. The third-order valence-electron chi connectivity index (χ3n) is 2.91. The molecule has 0 nitrogen and oxygen atoms in total. The van der Waals surface area contributed by atoms with Gasteiger partial charge in [0.2, 0.25) is 0 Å². The molecule has 1 radical (unpaired) electrons. The highest BCUT2D eigenvalue weighted by molar-refractivity contribution is 5.64. The fraction of sp³-hybridized carbons (Fsp3) is 0.250. The Hall–Kier alpha value is -1.56. The molecule has 0 bridgehead atoms. The highest BCUT2D eigenvalue weighted by Gasteiger charge is 1.99. The minimum atomic E-state index is 1.04. The van der Waals surface area contributed by atoms with Gasteiger partial charge in [-0.1, -0.05) is 56.3 Å². The van der Waals surface area contributed by atoms with E-state index in [1.54, 1.807) is 0 Å². The predicted molar refractivity (Wildman–Crippen MR) is 69.5 cm³/mol. The van der Waals surface area contributed by atoms with Crippen molar-refractivity contribution < 1.29 is 0 Å². The van der Waals surface area contributed by atoms with Crippen molar-refractivity contribution >= 4 is 0 Å². The van der Waals surface area contributed by atoms with E-state index in [4.69, 9.17) is 0 Å². The smallest absolute Gasteiger partial charge is 0.0149 e. The van der Waals surface area contributed by atoms with E-state index in [9.17, 15) is 0 Å². The highest BCUT2D eigenvalue weighted by atomic mass is 14.0. The second-order valence-electron chi connectivity index (χ2n) is 4.01. The summed E-state index contributed by atoms with van der Waals surface area (Å²) < 4.78 is 0. The monoisotopic (exact) mass is 209 g/mol. The number of benzene rings is 2. The van der Waals surface area contributed by atoms with E-state index in [2.05, 4.69) is 56.3 Å². The minimum Gasteiger partial charge on any atom is -0.0614 e. The van der Waals surface area contributed by atoms with Gasteiger partial charge in [-0.3, -0.25) is 0 Å². The Balaban J connectivity index is 2.41. The molecule has 0 unspecified atom stereocenters. The average molecular weight is 209 g/mol. The summed E-state index contributed by atoms with van der Waals surface area (Å²) in [6, 6.07) is 18.4. The predicted octanol–water partition coefficient (Wildman–Crippen LogP) is 4.28. The van der Waals surface area contributed by atoms with Crippen LogP contribution in [0.4, 0.5) is 0 Å². The Kier molecular flexibility index (Phi) is 3.40. The van der Waals surface area contributed by atoms with Crippen LogP contribution < -0.4 is 0 Å². The largest absolute Gasteiger partial charge is 0.0614 e. The van der Waals surface area contributed by atoms with E-state index >= 15 is 0 Å². The van der Waals surface area contributed by atoms with Crippen molar-refractivity contribution in [3.05, 3.63) is 59.7 Å². The van der Waals surface area contributed by atoms with Gasteiger partial charge in [0.05, 0.1) is 0 Å². The Morgan fingerprint density at radius 1 is 0.938 bits per heavy atom. The molecule has 0 aliphatic heterocycles. The first kappa shape index (κ1) is 10.9. The average Bonchev–Trinajstić information content (AvgIpc) is 2.39. The minimum absolute atomic E-state index is 1.04. The van der Waals surface area contributed by atoms with Gasteiger partial charge in [-0.2, -0.15) is 0 Å². The Morgan fingerprint density at radius 2 is 1.75 bits per heavy atom. The van der Waals surface area contributed by atoms with E-state index in [0.717, 1.165) is 12.8 Å². The van der Waals surface area contributed by atoms with Crippen molar-refractivity contribution in [1.82, 2.24) is 0 Å². The standard InChI is InChI=1S/C16H17/c1-3-13-7-5-9-15(11-13)16-10-6-8-14(4-2)12-16/h5-7,9-12H,3-4H2,1-2H3. The molecule has 0 saturated carbocycles. The van der Waals surface area contributed by atoms with Crippen molar-refractivity contribution in [3.8, 4) is 11.1 Å². The zero-order chi connectivity index (χ0) is 11.4. The van der Waals surface area contributed by atoms with Gasteiger partial charge in [-0.15, -0.1) is 0 Å². The molecule has 0 amide bonds. The fourth-order valence-electron chi connectivity index (χ4n) is 1.87. The summed E-state index contributed by atoms with van der Waals surface area (Å²) in [7, 11) is 0. The van der Waals surface area contributed by atoms with Gasteiger partial charge >= 0.3 is 0 Å². The maximum Gasteiger partial charge on any atom is -0.0149 e. The van der Waals surface area contributed by atoms with Crippen molar-refractivity contribution in [2.24, 2.45) is 0 Å². The van der Waals surface area contributed by atoms with Crippen LogP contribution in [-0.4, -0.2) is 0 Å². The molecule has 0 heterocycles. The van der Waals surface area contributed by atoms with Gasteiger partial charge in [0.15, 0.2) is 0 Å². The van der Waals surface area contributed by atoms with Gasteiger partial charge in [0.1, 0.15) is 0 Å². The summed E-state index contributed by atoms with van der Waals surface area (Å²) in [4.78, 5) is 0. The summed E-state index contributed by atoms with van der Waals surface area (Å²) in [6.45, 7) is 4.35. The summed E-state index contributed by atoms with van der Waals surface area (Å²) in [5.74, 6) is 0. The van der Waals surface area contributed by atoms with Gasteiger partial charge in [-0.25, -0.2) is 0 Å². The molecule has 0 spiro atoms. The number of hydrogen-bond acceptors (Lipinski definition) is 0. The van der Waals surface area contributed by atoms with Crippen LogP contribution in [0.15, 0.2) is 42.5 Å². The van der Waals surface area contributed by atoms with E-state index in [0.29, 0.717) is 0 Å². The normalized spacial score (nSPS) is 10.4. The molecular weight excluding hydrogens is 192 g/mol. The van der Waals surface area contributed by atoms with E-state index in [-0.39, 0.29) is 0 Å². The van der Waals surface area contributed by atoms with Gasteiger partial charge < -0.3 is 0 Å². The van der Waals surface area contributed by atoms with Crippen LogP contribution in [0.5, 0.6) is 0 Å². The third-order valence-corrected chi connectivity index (χ3v) is 2.91. The van der Waals surface area contributed by atoms with Crippen molar-refractivity contribution in [2.45, 2.75) is 26.7 Å². The van der Waals surface area contributed by atoms with Crippen LogP contribution in [0.3, 0.4) is 0 Å². The lowest BCUT2D eigenvalue weighted by molar-refractivity contribution is 1.13. The molecule has 0 aliphatic rings. The molecule has 0 atom stereocenters. The molecule has 2 aromatic carbocycles. The Labute approximate surface area is 97.9 Å². The van der Waals surface area contributed by atoms with Crippen LogP contribution in [0.2, 0.25) is 0 Å². The molecule has 0 saturated heterocycles. The quantitative estimate of drug-likeness (QED) is 0.707. The lowest BCUT2D eigenvalue weighted by Crippen LogP contribution is -1.85. The molecule has 0 aromatic heterocycles. The molecule has 81 valence electrons. The summed E-state index contributed by atoms with van der Waals surface area (Å²) >= 11 is 0. The summed E-state index contributed by atoms with van der Waals surface area (Å²) in [5, 5.41) is 0. The van der Waals surface area contributed by atoms with E-state index in [1.807, 2.05) is 6.07 Å². The lowest BCUT2D eigenvalue weighted by Gasteiger charge is -2.05. The van der Waals surface area contributed by atoms with Gasteiger partial charge in [0.25, 0.3) is 0 Å². The molecule has 2 aromatic rings. The molecule has 2 rings (SSSR count). The van der Waals surface area contributed by atoms with Crippen molar-refractivity contribution in [2.75, 3.05) is 0 Å². The first-order valence-electron chi connectivity index (χ1n) is 5.93. The maximum absolute atomic E-state index is 3.26.